The predicted octanol–water partition coefficient (Wildman–Crippen LogP) is 2.06. The van der Waals surface area contributed by atoms with Gasteiger partial charge < -0.3 is 15.3 Å². The standard InChI is InChI=1S/C16H14O6/c1-2-3-8(17)4-5-9-14(20)10-6-12(18)13(19)7-11(10)16(22)15(9)21/h4-7,18-20H,2-3H2,1H3/b5-4+. The molecule has 0 heterocycles. The van der Waals surface area contributed by atoms with Crippen molar-refractivity contribution in [1.29, 1.82) is 0 Å². The van der Waals surface area contributed by atoms with Crippen molar-refractivity contribution in [3.05, 3.63) is 41.0 Å². The number of ketones is 3. The van der Waals surface area contributed by atoms with Gasteiger partial charge in [0.2, 0.25) is 11.6 Å². The van der Waals surface area contributed by atoms with Gasteiger partial charge in [-0.05, 0) is 30.7 Å². The molecule has 22 heavy (non-hydrogen) atoms. The number of carbonyl (C=O) groups excluding carboxylic acids is 3. The fourth-order valence-corrected chi connectivity index (χ4v) is 2.12. The molecule has 0 spiro atoms. The number of phenolic OH excluding ortho intramolecular Hbond substituents is 2. The number of rotatable bonds is 4. The van der Waals surface area contributed by atoms with Crippen molar-refractivity contribution < 1.29 is 29.7 Å². The highest BCUT2D eigenvalue weighted by Gasteiger charge is 2.32. The molecule has 1 aliphatic carbocycles. The Morgan fingerprint density at radius 2 is 1.64 bits per heavy atom. The molecule has 0 fully saturated rings. The zero-order valence-corrected chi connectivity index (χ0v) is 11.8. The average molecular weight is 302 g/mol. The summed E-state index contributed by atoms with van der Waals surface area (Å²) < 4.78 is 0. The molecule has 6 heteroatoms. The van der Waals surface area contributed by atoms with E-state index in [1.165, 1.54) is 0 Å². The van der Waals surface area contributed by atoms with E-state index in [1.54, 1.807) is 0 Å². The first-order valence-corrected chi connectivity index (χ1v) is 6.66. The summed E-state index contributed by atoms with van der Waals surface area (Å²) in [5.41, 5.74) is -0.579. The Balaban J connectivity index is 2.54. The SMILES string of the molecule is CCCC(=O)/C=C/C1=C(O)c2cc(O)c(O)cc2C(=O)C1=O. The molecular weight excluding hydrogens is 288 g/mol. The average Bonchev–Trinajstić information content (AvgIpc) is 2.47. The first kappa shape index (κ1) is 15.5. The number of carbonyl (C=O) groups is 3. The van der Waals surface area contributed by atoms with Crippen LogP contribution in [0.1, 0.15) is 35.7 Å². The Hall–Kier alpha value is -2.89. The van der Waals surface area contributed by atoms with Gasteiger partial charge in [-0.3, -0.25) is 14.4 Å². The number of hydrogen-bond donors (Lipinski definition) is 3. The van der Waals surface area contributed by atoms with Gasteiger partial charge >= 0.3 is 0 Å². The Kier molecular flexibility index (Phi) is 4.12. The molecule has 0 amide bonds. The van der Waals surface area contributed by atoms with E-state index in [-0.39, 0.29) is 28.9 Å². The minimum atomic E-state index is -0.976. The summed E-state index contributed by atoms with van der Waals surface area (Å²) in [6, 6.07) is 1.91. The van der Waals surface area contributed by atoms with Crippen LogP contribution in [0.5, 0.6) is 11.5 Å². The predicted molar refractivity (Wildman–Crippen MR) is 77.7 cm³/mol. The molecule has 1 aromatic carbocycles. The zero-order valence-electron chi connectivity index (χ0n) is 11.8. The number of aliphatic hydroxyl groups excluding tert-OH is 1. The van der Waals surface area contributed by atoms with Crippen LogP contribution in [0.4, 0.5) is 0 Å². The van der Waals surface area contributed by atoms with Gasteiger partial charge in [0.15, 0.2) is 17.3 Å². The summed E-state index contributed by atoms with van der Waals surface area (Å²) in [7, 11) is 0. The maximum atomic E-state index is 12.0. The molecule has 6 nitrogen and oxygen atoms in total. The van der Waals surface area contributed by atoms with Gasteiger partial charge in [0, 0.05) is 17.5 Å². The van der Waals surface area contributed by atoms with E-state index in [0.29, 0.717) is 6.42 Å². The van der Waals surface area contributed by atoms with E-state index in [9.17, 15) is 29.7 Å². The van der Waals surface area contributed by atoms with Crippen LogP contribution in [-0.2, 0) is 9.59 Å². The van der Waals surface area contributed by atoms with Gasteiger partial charge in [-0.15, -0.1) is 0 Å². The minimum absolute atomic E-state index is 0.0671. The quantitative estimate of drug-likeness (QED) is 0.446. The second-order valence-corrected chi connectivity index (χ2v) is 4.86. The van der Waals surface area contributed by atoms with Crippen molar-refractivity contribution in [2.45, 2.75) is 19.8 Å². The highest BCUT2D eigenvalue weighted by Crippen LogP contribution is 2.36. The summed E-state index contributed by atoms with van der Waals surface area (Å²) in [5.74, 6) is -3.75. The van der Waals surface area contributed by atoms with Gasteiger partial charge in [0.05, 0.1) is 5.57 Å². The van der Waals surface area contributed by atoms with Crippen LogP contribution in [0.3, 0.4) is 0 Å². The van der Waals surface area contributed by atoms with Crippen molar-refractivity contribution in [2.24, 2.45) is 0 Å². The zero-order chi connectivity index (χ0) is 16.4. The second-order valence-electron chi connectivity index (χ2n) is 4.86. The number of benzene rings is 1. The maximum Gasteiger partial charge on any atom is 0.237 e. The Morgan fingerprint density at radius 1 is 1.05 bits per heavy atom. The van der Waals surface area contributed by atoms with E-state index in [1.807, 2.05) is 6.92 Å². The topological polar surface area (TPSA) is 112 Å². The molecule has 0 radical (unpaired) electrons. The number of aliphatic hydroxyl groups is 1. The van der Waals surface area contributed by atoms with Gasteiger partial charge in [-0.1, -0.05) is 6.92 Å². The Bertz CT molecular complexity index is 739. The van der Waals surface area contributed by atoms with Crippen LogP contribution in [-0.4, -0.2) is 32.7 Å². The fourth-order valence-electron chi connectivity index (χ4n) is 2.12. The van der Waals surface area contributed by atoms with Gasteiger partial charge in [-0.2, -0.15) is 0 Å². The highest BCUT2D eigenvalue weighted by atomic mass is 16.3. The molecule has 0 aromatic heterocycles. The maximum absolute atomic E-state index is 12.0. The Morgan fingerprint density at radius 3 is 2.23 bits per heavy atom. The van der Waals surface area contributed by atoms with Gasteiger partial charge in [0.1, 0.15) is 5.76 Å². The minimum Gasteiger partial charge on any atom is -0.507 e. The van der Waals surface area contributed by atoms with Crippen molar-refractivity contribution in [2.75, 3.05) is 0 Å². The van der Waals surface area contributed by atoms with Crippen LogP contribution >= 0.6 is 0 Å². The molecule has 0 saturated heterocycles. The summed E-state index contributed by atoms with van der Waals surface area (Å²) in [5, 5.41) is 29.0. The molecule has 0 unspecified atom stereocenters. The molecule has 3 N–H and O–H groups in total. The lowest BCUT2D eigenvalue weighted by molar-refractivity contribution is -0.114. The third kappa shape index (κ3) is 2.63. The van der Waals surface area contributed by atoms with E-state index in [2.05, 4.69) is 0 Å². The highest BCUT2D eigenvalue weighted by molar-refractivity contribution is 6.53. The van der Waals surface area contributed by atoms with E-state index < -0.39 is 28.8 Å². The van der Waals surface area contributed by atoms with E-state index in [0.717, 1.165) is 24.3 Å². The first-order valence-electron chi connectivity index (χ1n) is 6.66. The number of Topliss-reactive ketones (excluding diaryl/α,β-unsaturated/α-hetero) is 2. The van der Waals surface area contributed by atoms with E-state index in [4.69, 9.17) is 0 Å². The molecule has 114 valence electrons. The number of hydrogen-bond acceptors (Lipinski definition) is 6. The molecular formula is C16H14O6. The van der Waals surface area contributed by atoms with Crippen molar-refractivity contribution in [3.8, 4) is 11.5 Å². The van der Waals surface area contributed by atoms with Crippen LogP contribution in [0.25, 0.3) is 5.76 Å². The van der Waals surface area contributed by atoms with Crippen LogP contribution in [0.15, 0.2) is 29.9 Å². The molecule has 1 aliphatic rings. The summed E-state index contributed by atoms with van der Waals surface area (Å²) in [6.07, 6.45) is 3.15. The lowest BCUT2D eigenvalue weighted by atomic mass is 9.87. The second kappa shape index (κ2) is 5.85. The summed E-state index contributed by atoms with van der Waals surface area (Å²) in [6.45, 7) is 1.82. The molecule has 1 aromatic rings. The van der Waals surface area contributed by atoms with Crippen LogP contribution in [0, 0.1) is 0 Å². The third-order valence-corrected chi connectivity index (χ3v) is 3.25. The first-order chi connectivity index (χ1) is 10.4. The third-order valence-electron chi connectivity index (χ3n) is 3.25. The largest absolute Gasteiger partial charge is 0.507 e. The van der Waals surface area contributed by atoms with Crippen molar-refractivity contribution >= 4 is 23.1 Å². The number of aromatic hydroxyl groups is 2. The van der Waals surface area contributed by atoms with Crippen molar-refractivity contribution in [1.82, 2.24) is 0 Å². The molecule has 2 rings (SSSR count). The Labute approximate surface area is 126 Å². The molecule has 0 atom stereocenters. The normalized spacial score (nSPS) is 14.6. The smallest absolute Gasteiger partial charge is 0.237 e. The summed E-state index contributed by atoms with van der Waals surface area (Å²) >= 11 is 0. The van der Waals surface area contributed by atoms with Crippen molar-refractivity contribution in [3.63, 3.8) is 0 Å². The number of phenols is 2. The van der Waals surface area contributed by atoms with Gasteiger partial charge in [-0.25, -0.2) is 0 Å². The lowest BCUT2D eigenvalue weighted by Crippen LogP contribution is -2.23. The number of fused-ring (bicyclic) bond motifs is 1. The van der Waals surface area contributed by atoms with Crippen LogP contribution < -0.4 is 0 Å². The molecule has 0 bridgehead atoms. The van der Waals surface area contributed by atoms with Gasteiger partial charge in [0.25, 0.3) is 0 Å². The lowest BCUT2D eigenvalue weighted by Gasteiger charge is -2.16. The molecule has 0 saturated carbocycles. The monoisotopic (exact) mass is 302 g/mol. The van der Waals surface area contributed by atoms with E-state index >= 15 is 0 Å². The summed E-state index contributed by atoms with van der Waals surface area (Å²) in [4.78, 5) is 35.5. The van der Waals surface area contributed by atoms with Crippen LogP contribution in [0.2, 0.25) is 0 Å². The fraction of sp³-hybridized carbons (Fsp3) is 0.188. The molecule has 0 aliphatic heterocycles. The number of allylic oxidation sites excluding steroid dienone is 3.